The molecule has 0 radical (unpaired) electrons. The highest BCUT2D eigenvalue weighted by Crippen LogP contribution is 2.19. The summed E-state index contributed by atoms with van der Waals surface area (Å²) in [6, 6.07) is 10.4. The van der Waals surface area contributed by atoms with Crippen molar-refractivity contribution in [1.82, 2.24) is 19.6 Å². The van der Waals surface area contributed by atoms with E-state index in [1.165, 1.54) is 17.1 Å². The van der Waals surface area contributed by atoms with E-state index in [0.29, 0.717) is 6.54 Å². The molecule has 6 nitrogen and oxygen atoms in total. The van der Waals surface area contributed by atoms with Crippen LogP contribution in [0.5, 0.6) is 0 Å². The third-order valence-electron chi connectivity index (χ3n) is 4.21. The molecule has 0 aliphatic carbocycles. The molecule has 0 atom stereocenters. The third kappa shape index (κ3) is 4.69. The fourth-order valence-corrected chi connectivity index (χ4v) is 3.60. The number of piperazine rings is 1. The van der Waals surface area contributed by atoms with Crippen molar-refractivity contribution in [1.29, 1.82) is 0 Å². The van der Waals surface area contributed by atoms with Crippen molar-refractivity contribution in [2.45, 2.75) is 26.8 Å². The summed E-state index contributed by atoms with van der Waals surface area (Å²) in [5, 5.41) is 4.47. The number of aromatic nitrogens is 2. The van der Waals surface area contributed by atoms with Crippen LogP contribution in [0.1, 0.15) is 25.2 Å². The third-order valence-corrected chi connectivity index (χ3v) is 5.03. The number of hydrogen-bond acceptors (Lipinski definition) is 5. The molecule has 1 aromatic heterocycles. The molecular weight excluding hydrogens is 332 g/mol. The molecule has 1 saturated heterocycles. The molecule has 7 heteroatoms. The Morgan fingerprint density at radius 3 is 2.56 bits per heavy atom. The van der Waals surface area contributed by atoms with E-state index in [-0.39, 0.29) is 0 Å². The van der Waals surface area contributed by atoms with Crippen LogP contribution < -0.4 is 10.2 Å². The van der Waals surface area contributed by atoms with Gasteiger partial charge in [0.2, 0.25) is 5.13 Å². The van der Waals surface area contributed by atoms with Gasteiger partial charge in [0.25, 0.3) is 0 Å². The molecule has 1 fully saturated rings. The van der Waals surface area contributed by atoms with Gasteiger partial charge in [-0.15, -0.1) is 0 Å². The second kappa shape index (κ2) is 8.80. The molecule has 0 saturated carbocycles. The number of anilines is 1. The molecule has 0 unspecified atom stereocenters. The molecule has 2 heterocycles. The van der Waals surface area contributed by atoms with Crippen molar-refractivity contribution in [3.05, 3.63) is 41.7 Å². The first-order valence-corrected chi connectivity index (χ1v) is 9.72. The van der Waals surface area contributed by atoms with Crippen LogP contribution in [0.25, 0.3) is 0 Å². The number of aryl methyl sites for hydroxylation is 1. The largest absolute Gasteiger partial charge is 0.357 e. The second-order valence-electron chi connectivity index (χ2n) is 5.98. The summed E-state index contributed by atoms with van der Waals surface area (Å²) in [6.07, 6.45) is 0.896. The molecule has 25 heavy (non-hydrogen) atoms. The molecule has 0 bridgehead atoms. The Bertz CT molecular complexity index is 676. The maximum atomic E-state index is 4.81. The summed E-state index contributed by atoms with van der Waals surface area (Å²) in [7, 11) is 0. The van der Waals surface area contributed by atoms with E-state index >= 15 is 0 Å². The maximum absolute atomic E-state index is 4.81. The molecule has 0 spiro atoms. The summed E-state index contributed by atoms with van der Waals surface area (Å²) in [5.41, 5.74) is 1.23. The van der Waals surface area contributed by atoms with Crippen LogP contribution in [0.15, 0.2) is 35.3 Å². The minimum absolute atomic E-state index is 0.708. The van der Waals surface area contributed by atoms with Gasteiger partial charge in [-0.25, -0.2) is 9.98 Å². The van der Waals surface area contributed by atoms with Crippen LogP contribution in [0.3, 0.4) is 0 Å². The van der Waals surface area contributed by atoms with Crippen LogP contribution in [0.2, 0.25) is 0 Å². The van der Waals surface area contributed by atoms with Crippen LogP contribution in [0.4, 0.5) is 5.13 Å². The highest BCUT2D eigenvalue weighted by Gasteiger charge is 2.21. The van der Waals surface area contributed by atoms with Crippen LogP contribution >= 0.6 is 11.5 Å². The monoisotopic (exact) mass is 358 g/mol. The second-order valence-corrected chi connectivity index (χ2v) is 6.71. The van der Waals surface area contributed by atoms with E-state index in [1.807, 2.05) is 6.07 Å². The van der Waals surface area contributed by atoms with Crippen molar-refractivity contribution in [2.75, 3.05) is 37.6 Å². The number of guanidine groups is 1. The Kier molecular flexibility index (Phi) is 6.22. The lowest BCUT2D eigenvalue weighted by molar-refractivity contribution is 0.372. The van der Waals surface area contributed by atoms with E-state index in [9.17, 15) is 0 Å². The molecule has 0 amide bonds. The fourth-order valence-electron chi connectivity index (χ4n) is 2.80. The number of hydrogen-bond donors (Lipinski definition) is 1. The number of rotatable bonds is 5. The van der Waals surface area contributed by atoms with Crippen molar-refractivity contribution in [3.63, 3.8) is 0 Å². The highest BCUT2D eigenvalue weighted by atomic mass is 32.1. The van der Waals surface area contributed by atoms with E-state index in [4.69, 9.17) is 4.99 Å². The molecule has 1 aromatic carbocycles. The van der Waals surface area contributed by atoms with E-state index in [0.717, 1.165) is 56.1 Å². The fraction of sp³-hybridized carbons (Fsp3) is 0.500. The van der Waals surface area contributed by atoms with E-state index in [2.05, 4.69) is 62.6 Å². The molecule has 134 valence electrons. The predicted octanol–water partition coefficient (Wildman–Crippen LogP) is 2.39. The molecule has 3 rings (SSSR count). The maximum Gasteiger partial charge on any atom is 0.205 e. The van der Waals surface area contributed by atoms with E-state index < -0.39 is 0 Å². The minimum atomic E-state index is 0.708. The zero-order chi connectivity index (χ0) is 17.5. The number of benzene rings is 1. The summed E-state index contributed by atoms with van der Waals surface area (Å²) in [5.74, 6) is 1.94. The molecule has 1 N–H and O–H groups in total. The first kappa shape index (κ1) is 17.7. The Hall–Kier alpha value is -2.15. The SMILES string of the molecule is CCNC(=NCc1ccccc1)N1CCN(c2nc(CC)ns2)CC1. The summed E-state index contributed by atoms with van der Waals surface area (Å²) >= 11 is 1.51. The van der Waals surface area contributed by atoms with Crippen LogP contribution in [-0.2, 0) is 13.0 Å². The number of nitrogens with one attached hydrogen (secondary N) is 1. The number of aliphatic imine (C=N–C) groups is 1. The Morgan fingerprint density at radius 2 is 1.92 bits per heavy atom. The van der Waals surface area contributed by atoms with Gasteiger partial charge in [-0.2, -0.15) is 4.37 Å². The van der Waals surface area contributed by atoms with E-state index in [1.54, 1.807) is 0 Å². The average Bonchev–Trinajstić information content (AvgIpc) is 3.15. The van der Waals surface area contributed by atoms with Gasteiger partial charge in [-0.3, -0.25) is 0 Å². The lowest BCUT2D eigenvalue weighted by Crippen LogP contribution is -2.52. The lowest BCUT2D eigenvalue weighted by Gasteiger charge is -2.36. The highest BCUT2D eigenvalue weighted by molar-refractivity contribution is 7.09. The normalized spacial score (nSPS) is 15.5. The lowest BCUT2D eigenvalue weighted by atomic mass is 10.2. The summed E-state index contributed by atoms with van der Waals surface area (Å²) < 4.78 is 4.40. The van der Waals surface area contributed by atoms with Gasteiger partial charge >= 0.3 is 0 Å². The van der Waals surface area contributed by atoms with Gasteiger partial charge in [-0.1, -0.05) is 37.3 Å². The quantitative estimate of drug-likeness (QED) is 0.657. The van der Waals surface area contributed by atoms with Crippen LogP contribution in [0, 0.1) is 0 Å². The topological polar surface area (TPSA) is 56.7 Å². The Morgan fingerprint density at radius 1 is 1.16 bits per heavy atom. The minimum Gasteiger partial charge on any atom is -0.357 e. The van der Waals surface area contributed by atoms with Crippen molar-refractivity contribution in [3.8, 4) is 0 Å². The summed E-state index contributed by atoms with van der Waals surface area (Å²) in [4.78, 5) is 14.1. The zero-order valence-electron chi connectivity index (χ0n) is 15.0. The average molecular weight is 359 g/mol. The predicted molar refractivity (Wildman–Crippen MR) is 104 cm³/mol. The number of nitrogens with zero attached hydrogens (tertiary/aromatic N) is 5. The molecule has 1 aliphatic heterocycles. The standard InChI is InChI=1S/C18H26N6S/c1-3-16-21-18(25-22-16)24-12-10-23(11-13-24)17(19-4-2)20-14-15-8-6-5-7-9-15/h5-9H,3-4,10-14H2,1-2H3,(H,19,20). The first-order valence-electron chi connectivity index (χ1n) is 8.95. The van der Waals surface area contributed by atoms with Gasteiger partial charge in [0, 0.05) is 50.7 Å². The molecule has 1 aliphatic rings. The van der Waals surface area contributed by atoms with Gasteiger partial charge in [0.05, 0.1) is 6.54 Å². The van der Waals surface area contributed by atoms with Gasteiger partial charge in [0.1, 0.15) is 5.82 Å². The van der Waals surface area contributed by atoms with Crippen molar-refractivity contribution < 1.29 is 0 Å². The zero-order valence-corrected chi connectivity index (χ0v) is 15.8. The summed E-state index contributed by atoms with van der Waals surface area (Å²) in [6.45, 7) is 9.59. The van der Waals surface area contributed by atoms with Crippen molar-refractivity contribution >= 4 is 22.6 Å². The Labute approximate surface area is 153 Å². The van der Waals surface area contributed by atoms with Gasteiger partial charge < -0.3 is 15.1 Å². The molecule has 2 aromatic rings. The smallest absolute Gasteiger partial charge is 0.205 e. The van der Waals surface area contributed by atoms with Gasteiger partial charge in [-0.05, 0) is 12.5 Å². The first-order chi connectivity index (χ1) is 12.3. The van der Waals surface area contributed by atoms with Gasteiger partial charge in [0.15, 0.2) is 5.96 Å². The Balaban J connectivity index is 1.60. The molecular formula is C18H26N6S. The van der Waals surface area contributed by atoms with Crippen molar-refractivity contribution in [2.24, 2.45) is 4.99 Å². The van der Waals surface area contributed by atoms with Crippen LogP contribution in [-0.4, -0.2) is 52.9 Å².